The number of benzene rings is 1. The van der Waals surface area contributed by atoms with Crippen molar-refractivity contribution in [2.45, 2.75) is 37.5 Å². The molecule has 0 amide bonds. The van der Waals surface area contributed by atoms with Crippen molar-refractivity contribution in [2.75, 3.05) is 18.0 Å². The summed E-state index contributed by atoms with van der Waals surface area (Å²) in [7, 11) is -4.14. The van der Waals surface area contributed by atoms with E-state index < -0.39 is 25.5 Å². The molecule has 1 heterocycles. The summed E-state index contributed by atoms with van der Waals surface area (Å²) in [6.45, 7) is 3.69. The average molecular weight is 339 g/mol. The SMILES string of the molecule is C[C@H]1CC[C@]2(CCN(c3cccc(S(N)(=O)=O)c3[N+](=O)[O-])C2)C1. The molecular formula is C15H21N3O4S. The molecule has 1 aromatic carbocycles. The summed E-state index contributed by atoms with van der Waals surface area (Å²) >= 11 is 0. The van der Waals surface area contributed by atoms with Gasteiger partial charge in [0.05, 0.1) is 4.92 Å². The molecule has 3 rings (SSSR count). The molecule has 2 N–H and O–H groups in total. The molecule has 1 spiro atoms. The zero-order chi connectivity index (χ0) is 16.8. The van der Waals surface area contributed by atoms with Gasteiger partial charge in [0.25, 0.3) is 0 Å². The lowest BCUT2D eigenvalue weighted by molar-refractivity contribution is -0.387. The summed E-state index contributed by atoms with van der Waals surface area (Å²) < 4.78 is 23.3. The lowest BCUT2D eigenvalue weighted by Gasteiger charge is -2.25. The normalized spacial score (nSPS) is 27.7. The molecule has 0 unspecified atom stereocenters. The third-order valence-corrected chi connectivity index (χ3v) is 6.14. The number of rotatable bonds is 3. The van der Waals surface area contributed by atoms with E-state index in [0.717, 1.165) is 25.8 Å². The molecule has 23 heavy (non-hydrogen) atoms. The summed E-state index contributed by atoms with van der Waals surface area (Å²) in [5.74, 6) is 0.681. The molecule has 1 saturated carbocycles. The van der Waals surface area contributed by atoms with Gasteiger partial charge >= 0.3 is 5.69 Å². The molecule has 1 aromatic rings. The zero-order valence-corrected chi connectivity index (χ0v) is 13.9. The van der Waals surface area contributed by atoms with Crippen LogP contribution in [0.25, 0.3) is 0 Å². The first-order valence-electron chi connectivity index (χ1n) is 7.77. The van der Waals surface area contributed by atoms with Gasteiger partial charge < -0.3 is 4.90 Å². The maximum atomic E-state index is 11.7. The molecule has 7 nitrogen and oxygen atoms in total. The summed E-state index contributed by atoms with van der Waals surface area (Å²) in [6, 6.07) is 4.33. The number of sulfonamides is 1. The monoisotopic (exact) mass is 339 g/mol. The molecule has 0 bridgehead atoms. The maximum Gasteiger partial charge on any atom is 0.312 e. The smallest absolute Gasteiger partial charge is 0.312 e. The van der Waals surface area contributed by atoms with Crippen LogP contribution in [0.15, 0.2) is 23.1 Å². The number of para-hydroxylation sites is 1. The van der Waals surface area contributed by atoms with Crippen LogP contribution in [0.1, 0.15) is 32.6 Å². The lowest BCUT2D eigenvalue weighted by Crippen LogP contribution is -2.26. The van der Waals surface area contributed by atoms with Crippen LogP contribution >= 0.6 is 0 Å². The minimum Gasteiger partial charge on any atom is -0.365 e. The molecule has 2 aliphatic rings. The van der Waals surface area contributed by atoms with Crippen LogP contribution in [0.5, 0.6) is 0 Å². The number of nitrogens with two attached hydrogens (primary N) is 1. The number of nitro benzene ring substituents is 1. The van der Waals surface area contributed by atoms with Crippen molar-refractivity contribution in [3.63, 3.8) is 0 Å². The van der Waals surface area contributed by atoms with Gasteiger partial charge in [-0.2, -0.15) is 0 Å². The van der Waals surface area contributed by atoms with E-state index in [4.69, 9.17) is 5.14 Å². The molecule has 2 fully saturated rings. The van der Waals surface area contributed by atoms with Gasteiger partial charge in [-0.25, -0.2) is 13.6 Å². The van der Waals surface area contributed by atoms with Crippen LogP contribution in [-0.2, 0) is 10.0 Å². The fourth-order valence-corrected chi connectivity index (χ4v) is 4.90. The van der Waals surface area contributed by atoms with Gasteiger partial charge in [0.15, 0.2) is 4.90 Å². The van der Waals surface area contributed by atoms with Crippen LogP contribution in [0, 0.1) is 21.4 Å². The van der Waals surface area contributed by atoms with Crippen molar-refractivity contribution in [3.8, 4) is 0 Å². The van der Waals surface area contributed by atoms with Crippen molar-refractivity contribution in [1.29, 1.82) is 0 Å². The summed E-state index contributed by atoms with van der Waals surface area (Å²) in [6.07, 6.45) is 4.45. The highest BCUT2D eigenvalue weighted by atomic mass is 32.2. The van der Waals surface area contributed by atoms with Crippen molar-refractivity contribution in [2.24, 2.45) is 16.5 Å². The Bertz CT molecular complexity index is 749. The van der Waals surface area contributed by atoms with Gasteiger partial charge in [-0.1, -0.05) is 19.4 Å². The van der Waals surface area contributed by atoms with Crippen molar-refractivity contribution in [1.82, 2.24) is 0 Å². The largest absolute Gasteiger partial charge is 0.365 e. The fourth-order valence-electron chi connectivity index (χ4n) is 4.19. The van der Waals surface area contributed by atoms with Crippen LogP contribution < -0.4 is 10.0 Å². The highest BCUT2D eigenvalue weighted by Gasteiger charge is 2.44. The number of anilines is 1. The summed E-state index contributed by atoms with van der Waals surface area (Å²) in [5.41, 5.74) is 0.168. The molecule has 0 aromatic heterocycles. The first kappa shape index (κ1) is 16.2. The Kier molecular flexibility index (Phi) is 3.84. The maximum absolute atomic E-state index is 11.7. The van der Waals surface area contributed by atoms with Gasteiger partial charge in [-0.3, -0.25) is 10.1 Å². The van der Waals surface area contributed by atoms with Crippen molar-refractivity contribution < 1.29 is 13.3 Å². The van der Waals surface area contributed by atoms with Gasteiger partial charge in [0.1, 0.15) is 5.69 Å². The Morgan fingerprint density at radius 2 is 2.13 bits per heavy atom. The predicted octanol–water partition coefficient (Wildman–Crippen LogP) is 2.26. The standard InChI is InChI=1S/C15H21N3O4S/c1-11-5-6-15(9-11)7-8-17(10-15)12-3-2-4-13(23(16,21)22)14(12)18(19)20/h2-4,11H,5-10H2,1H3,(H2,16,21,22)/t11-,15-/m0/s1. The molecule has 0 radical (unpaired) electrons. The van der Waals surface area contributed by atoms with Crippen molar-refractivity contribution in [3.05, 3.63) is 28.3 Å². The molecular weight excluding hydrogens is 318 g/mol. The molecule has 8 heteroatoms. The highest BCUT2D eigenvalue weighted by molar-refractivity contribution is 7.89. The fraction of sp³-hybridized carbons (Fsp3) is 0.600. The average Bonchev–Trinajstić information content (AvgIpc) is 3.04. The topological polar surface area (TPSA) is 107 Å². The second-order valence-corrected chi connectivity index (χ2v) is 8.48. The van der Waals surface area contributed by atoms with Gasteiger partial charge in [0, 0.05) is 13.1 Å². The lowest BCUT2D eigenvalue weighted by atomic mass is 9.85. The first-order valence-corrected chi connectivity index (χ1v) is 9.32. The van der Waals surface area contributed by atoms with Crippen LogP contribution in [0.4, 0.5) is 11.4 Å². The quantitative estimate of drug-likeness (QED) is 0.671. The number of hydrogen-bond donors (Lipinski definition) is 1. The summed E-state index contributed by atoms with van der Waals surface area (Å²) in [5, 5.41) is 16.6. The third kappa shape index (κ3) is 2.92. The Morgan fingerprint density at radius 1 is 1.39 bits per heavy atom. The third-order valence-electron chi connectivity index (χ3n) is 5.19. The number of nitro groups is 1. The Morgan fingerprint density at radius 3 is 2.70 bits per heavy atom. The molecule has 126 valence electrons. The summed E-state index contributed by atoms with van der Waals surface area (Å²) in [4.78, 5) is 12.4. The highest BCUT2D eigenvalue weighted by Crippen LogP contribution is 2.50. The van der Waals surface area contributed by atoms with E-state index in [1.807, 2.05) is 4.90 Å². The van der Waals surface area contributed by atoms with E-state index in [0.29, 0.717) is 18.2 Å². The molecule has 1 aliphatic carbocycles. The number of hydrogen-bond acceptors (Lipinski definition) is 5. The Balaban J connectivity index is 2.00. The predicted molar refractivity (Wildman–Crippen MR) is 86.7 cm³/mol. The van der Waals surface area contributed by atoms with E-state index in [-0.39, 0.29) is 5.41 Å². The Labute approximate surface area is 135 Å². The number of primary sulfonamides is 1. The van der Waals surface area contributed by atoms with Crippen LogP contribution in [0.3, 0.4) is 0 Å². The Hall–Kier alpha value is -1.67. The van der Waals surface area contributed by atoms with Crippen molar-refractivity contribution >= 4 is 21.4 Å². The van der Waals surface area contributed by atoms with Crippen LogP contribution in [-0.4, -0.2) is 26.4 Å². The first-order chi connectivity index (χ1) is 10.7. The second-order valence-electron chi connectivity index (χ2n) is 6.95. The van der Waals surface area contributed by atoms with E-state index in [1.54, 1.807) is 6.07 Å². The minimum atomic E-state index is -4.14. The van der Waals surface area contributed by atoms with Gasteiger partial charge in [-0.15, -0.1) is 0 Å². The van der Waals surface area contributed by atoms with Gasteiger partial charge in [-0.05, 0) is 42.7 Å². The van der Waals surface area contributed by atoms with Crippen LogP contribution in [0.2, 0.25) is 0 Å². The molecule has 1 saturated heterocycles. The van der Waals surface area contributed by atoms with Gasteiger partial charge in [0.2, 0.25) is 10.0 Å². The van der Waals surface area contributed by atoms with E-state index in [1.165, 1.54) is 18.6 Å². The minimum absolute atomic E-state index is 0.213. The number of nitrogens with zero attached hydrogens (tertiary/aromatic N) is 2. The molecule has 1 aliphatic heterocycles. The zero-order valence-electron chi connectivity index (χ0n) is 13.1. The second kappa shape index (κ2) is 5.45. The molecule has 2 atom stereocenters. The van der Waals surface area contributed by atoms with E-state index in [9.17, 15) is 18.5 Å². The van der Waals surface area contributed by atoms with E-state index in [2.05, 4.69) is 6.92 Å². The van der Waals surface area contributed by atoms with E-state index >= 15 is 0 Å².